The smallest absolute Gasteiger partial charge is 0.124 e. The Morgan fingerprint density at radius 1 is 1.41 bits per heavy atom. The fourth-order valence-electron chi connectivity index (χ4n) is 2.07. The Kier molecular flexibility index (Phi) is 2.68. The van der Waals surface area contributed by atoms with Crippen LogP contribution in [-0.4, -0.2) is 11.5 Å². The van der Waals surface area contributed by atoms with Crippen LogP contribution in [0.1, 0.15) is 16.1 Å². The molecule has 0 atom stereocenters. The zero-order valence-corrected chi connectivity index (χ0v) is 10.4. The molecule has 0 saturated heterocycles. The monoisotopic (exact) mass is 248 g/mol. The van der Waals surface area contributed by atoms with E-state index in [1.807, 2.05) is 13.0 Å². The van der Waals surface area contributed by atoms with E-state index in [2.05, 4.69) is 10.3 Å². The van der Waals surface area contributed by atoms with E-state index >= 15 is 0 Å². The summed E-state index contributed by atoms with van der Waals surface area (Å²) in [5.74, 6) is -0.197. The second-order valence-corrected chi connectivity index (χ2v) is 5.36. The van der Waals surface area contributed by atoms with Crippen molar-refractivity contribution in [2.45, 2.75) is 19.9 Å². The van der Waals surface area contributed by atoms with E-state index in [4.69, 9.17) is 0 Å². The first-order valence-corrected chi connectivity index (χ1v) is 6.51. The van der Waals surface area contributed by atoms with Crippen LogP contribution in [0.4, 0.5) is 4.39 Å². The van der Waals surface area contributed by atoms with Crippen molar-refractivity contribution in [1.82, 2.24) is 10.3 Å². The lowest BCUT2D eigenvalue weighted by atomic mass is 10.1. The molecule has 0 unspecified atom stereocenters. The number of halogens is 1. The van der Waals surface area contributed by atoms with Gasteiger partial charge in [-0.15, -0.1) is 11.3 Å². The molecule has 1 aliphatic rings. The number of aromatic nitrogens is 1. The van der Waals surface area contributed by atoms with E-state index in [1.165, 1.54) is 16.6 Å². The predicted octanol–water partition coefficient (Wildman–Crippen LogP) is 2.90. The number of nitrogens with one attached hydrogen (secondary N) is 1. The molecule has 17 heavy (non-hydrogen) atoms. The number of hydrogen-bond acceptors (Lipinski definition) is 3. The summed E-state index contributed by atoms with van der Waals surface area (Å²) in [7, 11) is 0. The van der Waals surface area contributed by atoms with E-state index < -0.39 is 0 Å². The molecule has 1 aromatic heterocycles. The van der Waals surface area contributed by atoms with Gasteiger partial charge in [0.1, 0.15) is 10.8 Å². The minimum Gasteiger partial charge on any atom is -0.311 e. The number of aryl methyl sites for hydroxylation is 1. The standard InChI is InChI=1S/C13H13FN2S/c1-8-2-3-9(14)6-10(8)13-16-11-4-5-15-7-12(11)17-13/h2-3,6,15H,4-5,7H2,1H3. The average molecular weight is 248 g/mol. The van der Waals surface area contributed by atoms with Crippen LogP contribution in [-0.2, 0) is 13.0 Å². The number of thiazole rings is 1. The summed E-state index contributed by atoms with van der Waals surface area (Å²) in [6.45, 7) is 3.87. The van der Waals surface area contributed by atoms with Crippen molar-refractivity contribution in [1.29, 1.82) is 0 Å². The molecule has 0 aliphatic carbocycles. The summed E-state index contributed by atoms with van der Waals surface area (Å²) >= 11 is 1.67. The molecule has 2 aromatic rings. The molecule has 2 heterocycles. The fraction of sp³-hybridized carbons (Fsp3) is 0.308. The number of benzene rings is 1. The molecule has 88 valence electrons. The highest BCUT2D eigenvalue weighted by Crippen LogP contribution is 2.32. The van der Waals surface area contributed by atoms with Gasteiger partial charge in [0.15, 0.2) is 0 Å². The second kappa shape index (κ2) is 4.20. The summed E-state index contributed by atoms with van der Waals surface area (Å²) < 4.78 is 13.3. The maximum atomic E-state index is 13.3. The van der Waals surface area contributed by atoms with Crippen LogP contribution in [0.2, 0.25) is 0 Å². The van der Waals surface area contributed by atoms with Crippen LogP contribution in [0.5, 0.6) is 0 Å². The molecule has 4 heteroatoms. The van der Waals surface area contributed by atoms with Gasteiger partial charge in [0.05, 0.1) is 5.69 Å². The zero-order valence-electron chi connectivity index (χ0n) is 9.59. The molecule has 2 nitrogen and oxygen atoms in total. The quantitative estimate of drug-likeness (QED) is 0.839. The second-order valence-electron chi connectivity index (χ2n) is 4.27. The number of rotatable bonds is 1. The molecule has 0 radical (unpaired) electrons. The average Bonchev–Trinajstić information content (AvgIpc) is 2.75. The Balaban J connectivity index is 2.08. The van der Waals surface area contributed by atoms with E-state index in [1.54, 1.807) is 17.4 Å². The third-order valence-corrected chi connectivity index (χ3v) is 4.16. The van der Waals surface area contributed by atoms with Crippen molar-refractivity contribution in [2.24, 2.45) is 0 Å². The molecule has 0 spiro atoms. The van der Waals surface area contributed by atoms with Crippen molar-refractivity contribution in [3.8, 4) is 10.6 Å². The first kappa shape index (κ1) is 10.9. The summed E-state index contributed by atoms with van der Waals surface area (Å²) in [4.78, 5) is 5.92. The first-order chi connectivity index (χ1) is 8.24. The number of hydrogen-bond donors (Lipinski definition) is 1. The normalized spacial score (nSPS) is 14.7. The topological polar surface area (TPSA) is 24.9 Å². The molecular formula is C13H13FN2S. The Hall–Kier alpha value is -1.26. The van der Waals surface area contributed by atoms with Gasteiger partial charge in [-0.25, -0.2) is 9.37 Å². The van der Waals surface area contributed by atoms with E-state index in [9.17, 15) is 4.39 Å². The molecule has 0 amide bonds. The fourth-order valence-corrected chi connectivity index (χ4v) is 3.22. The van der Waals surface area contributed by atoms with Crippen molar-refractivity contribution >= 4 is 11.3 Å². The van der Waals surface area contributed by atoms with Crippen LogP contribution in [0, 0.1) is 12.7 Å². The summed E-state index contributed by atoms with van der Waals surface area (Å²) in [6.07, 6.45) is 0.972. The number of nitrogens with zero attached hydrogens (tertiary/aromatic N) is 1. The third-order valence-electron chi connectivity index (χ3n) is 3.03. The van der Waals surface area contributed by atoms with E-state index in [-0.39, 0.29) is 5.82 Å². The van der Waals surface area contributed by atoms with Gasteiger partial charge in [-0.05, 0) is 24.6 Å². The Morgan fingerprint density at radius 2 is 2.29 bits per heavy atom. The van der Waals surface area contributed by atoms with Gasteiger partial charge < -0.3 is 5.32 Å². The maximum absolute atomic E-state index is 13.3. The minimum atomic E-state index is -0.197. The van der Waals surface area contributed by atoms with Gasteiger partial charge in [0.2, 0.25) is 0 Å². The largest absolute Gasteiger partial charge is 0.311 e. The zero-order chi connectivity index (χ0) is 11.8. The van der Waals surface area contributed by atoms with Crippen molar-refractivity contribution in [3.63, 3.8) is 0 Å². The highest BCUT2D eigenvalue weighted by molar-refractivity contribution is 7.15. The maximum Gasteiger partial charge on any atom is 0.124 e. The summed E-state index contributed by atoms with van der Waals surface area (Å²) in [5, 5.41) is 4.27. The molecule has 3 rings (SSSR count). The van der Waals surface area contributed by atoms with E-state index in [0.29, 0.717) is 0 Å². The molecule has 1 N–H and O–H groups in total. The summed E-state index contributed by atoms with van der Waals surface area (Å²) in [6, 6.07) is 4.88. The minimum absolute atomic E-state index is 0.197. The molecule has 1 aliphatic heterocycles. The molecule has 1 aromatic carbocycles. The third kappa shape index (κ3) is 1.98. The van der Waals surface area contributed by atoms with Crippen LogP contribution >= 0.6 is 11.3 Å². The van der Waals surface area contributed by atoms with Crippen LogP contribution in [0.15, 0.2) is 18.2 Å². The molecule has 0 bridgehead atoms. The van der Waals surface area contributed by atoms with Gasteiger partial charge in [0.25, 0.3) is 0 Å². The van der Waals surface area contributed by atoms with Gasteiger partial charge in [-0.3, -0.25) is 0 Å². The predicted molar refractivity (Wildman–Crippen MR) is 67.7 cm³/mol. The summed E-state index contributed by atoms with van der Waals surface area (Å²) in [5.41, 5.74) is 3.17. The van der Waals surface area contributed by atoms with Crippen LogP contribution < -0.4 is 5.32 Å². The SMILES string of the molecule is Cc1ccc(F)cc1-c1nc2c(s1)CNCC2. The Morgan fingerprint density at radius 3 is 3.12 bits per heavy atom. The lowest BCUT2D eigenvalue weighted by Crippen LogP contribution is -2.22. The molecular weight excluding hydrogens is 235 g/mol. The van der Waals surface area contributed by atoms with Crippen LogP contribution in [0.25, 0.3) is 10.6 Å². The van der Waals surface area contributed by atoms with Crippen molar-refractivity contribution < 1.29 is 4.39 Å². The lowest BCUT2D eigenvalue weighted by Gasteiger charge is -2.09. The lowest BCUT2D eigenvalue weighted by molar-refractivity contribution is 0.628. The Labute approximate surface area is 104 Å². The number of fused-ring (bicyclic) bond motifs is 1. The van der Waals surface area contributed by atoms with E-state index in [0.717, 1.165) is 35.6 Å². The highest BCUT2D eigenvalue weighted by atomic mass is 32.1. The van der Waals surface area contributed by atoms with Gasteiger partial charge in [-0.1, -0.05) is 6.07 Å². The van der Waals surface area contributed by atoms with Crippen molar-refractivity contribution in [2.75, 3.05) is 6.54 Å². The highest BCUT2D eigenvalue weighted by Gasteiger charge is 2.16. The first-order valence-electron chi connectivity index (χ1n) is 5.70. The van der Waals surface area contributed by atoms with Crippen molar-refractivity contribution in [3.05, 3.63) is 40.2 Å². The van der Waals surface area contributed by atoms with Gasteiger partial charge in [-0.2, -0.15) is 0 Å². The molecule has 0 fully saturated rings. The van der Waals surface area contributed by atoms with Crippen LogP contribution in [0.3, 0.4) is 0 Å². The Bertz CT molecular complexity index is 539. The van der Waals surface area contributed by atoms with Gasteiger partial charge >= 0.3 is 0 Å². The van der Waals surface area contributed by atoms with Gasteiger partial charge in [0, 0.05) is 30.0 Å². The molecule has 0 saturated carbocycles.